The third-order valence-corrected chi connectivity index (χ3v) is 5.17. The van der Waals surface area contributed by atoms with Crippen LogP contribution in [0.1, 0.15) is 32.1 Å². The van der Waals surface area contributed by atoms with E-state index in [1.54, 1.807) is 0 Å². The Labute approximate surface area is 89.5 Å². The second-order valence-corrected chi connectivity index (χ2v) is 7.46. The lowest BCUT2D eigenvalue weighted by Gasteiger charge is -2.32. The maximum absolute atomic E-state index is 11.4. The summed E-state index contributed by atoms with van der Waals surface area (Å²) >= 11 is 3.67. The molecule has 4 N–H and O–H groups in total. The highest BCUT2D eigenvalue weighted by Gasteiger charge is 2.39. The summed E-state index contributed by atoms with van der Waals surface area (Å²) in [5.74, 6) is 0.0390. The number of hydrogen-bond acceptors (Lipinski definition) is 3. The lowest BCUT2D eigenvalue weighted by molar-refractivity contribution is 0.136. The van der Waals surface area contributed by atoms with Crippen molar-refractivity contribution in [2.45, 2.75) is 44.0 Å². The Bertz CT molecular complexity index is 225. The van der Waals surface area contributed by atoms with Crippen LogP contribution in [0.3, 0.4) is 0 Å². The van der Waals surface area contributed by atoms with Crippen molar-refractivity contribution in [2.24, 2.45) is 11.7 Å². The maximum Gasteiger partial charge on any atom is 0.259 e. The van der Waals surface area contributed by atoms with Gasteiger partial charge in [-0.1, -0.05) is 31.5 Å². The monoisotopic (exact) mass is 239 g/mol. The smallest absolute Gasteiger partial charge is 0.259 e. The van der Waals surface area contributed by atoms with E-state index in [1.165, 1.54) is 0 Å². The lowest BCUT2D eigenvalue weighted by atomic mass is 9.86. The molecule has 0 heterocycles. The molecule has 3 unspecified atom stereocenters. The Morgan fingerprint density at radius 2 is 1.86 bits per heavy atom. The maximum atomic E-state index is 11.4. The molecule has 0 amide bonds. The van der Waals surface area contributed by atoms with Gasteiger partial charge in [-0.15, -0.1) is 0 Å². The third-order valence-electron chi connectivity index (χ3n) is 2.87. The van der Waals surface area contributed by atoms with E-state index >= 15 is 0 Å². The minimum atomic E-state index is -3.58. The van der Waals surface area contributed by atoms with Crippen molar-refractivity contribution in [2.75, 3.05) is 0 Å². The molecule has 0 radical (unpaired) electrons. The van der Waals surface area contributed by atoms with Gasteiger partial charge >= 0.3 is 0 Å². The molecule has 14 heavy (non-hydrogen) atoms. The van der Waals surface area contributed by atoms with Gasteiger partial charge in [0.2, 0.25) is 0 Å². The first-order chi connectivity index (χ1) is 6.43. The van der Waals surface area contributed by atoms with Gasteiger partial charge < -0.3 is 15.7 Å². The van der Waals surface area contributed by atoms with Gasteiger partial charge in [0.1, 0.15) is 6.23 Å². The number of hydrogen-bond donors (Lipinski definition) is 4. The molecule has 0 spiro atoms. The van der Waals surface area contributed by atoms with Crippen molar-refractivity contribution in [3.8, 4) is 0 Å². The van der Waals surface area contributed by atoms with Gasteiger partial charge in [-0.05, 0) is 18.8 Å². The van der Waals surface area contributed by atoms with E-state index < -0.39 is 18.5 Å². The van der Waals surface area contributed by atoms with E-state index in [4.69, 9.17) is 5.73 Å². The largest absolute Gasteiger partial charge is 0.378 e. The first kappa shape index (κ1) is 12.5. The van der Waals surface area contributed by atoms with Crippen molar-refractivity contribution in [1.82, 2.24) is 0 Å². The Hall–Kier alpha value is 0.460. The zero-order chi connectivity index (χ0) is 10.8. The summed E-state index contributed by atoms with van der Waals surface area (Å²) in [6, 6.07) is 0. The molecule has 1 saturated carbocycles. The second kappa shape index (κ2) is 4.99. The Morgan fingerprint density at radius 3 is 2.21 bits per heavy atom. The van der Waals surface area contributed by atoms with Crippen molar-refractivity contribution in [3.63, 3.8) is 0 Å². The zero-order valence-electron chi connectivity index (χ0n) is 8.04. The van der Waals surface area contributed by atoms with E-state index in [2.05, 4.69) is 12.2 Å². The predicted octanol–water partition coefficient (Wildman–Crippen LogP) is 1.33. The van der Waals surface area contributed by atoms with Crippen molar-refractivity contribution in [3.05, 3.63) is 0 Å². The van der Waals surface area contributed by atoms with Gasteiger partial charge in [0.15, 0.2) is 0 Å². The molecule has 3 atom stereocenters. The molecule has 0 aliphatic heterocycles. The summed E-state index contributed by atoms with van der Waals surface area (Å²) in [5.41, 5.74) is 4.56. The van der Waals surface area contributed by atoms with Gasteiger partial charge in [-0.25, -0.2) is 0 Å². The highest BCUT2D eigenvalue weighted by Crippen LogP contribution is 2.56. The van der Waals surface area contributed by atoms with Crippen LogP contribution in [0, 0.1) is 5.92 Å². The van der Waals surface area contributed by atoms with Crippen molar-refractivity contribution in [1.29, 1.82) is 0 Å². The lowest BCUT2D eigenvalue weighted by Crippen LogP contribution is -2.39. The van der Waals surface area contributed by atoms with Crippen LogP contribution >= 0.6 is 18.8 Å². The van der Waals surface area contributed by atoms with Crippen LogP contribution in [0.5, 0.6) is 0 Å². The van der Waals surface area contributed by atoms with Gasteiger partial charge in [0, 0.05) is 0 Å². The minimum absolute atomic E-state index is 0.0390. The van der Waals surface area contributed by atoms with Crippen molar-refractivity contribution < 1.29 is 14.6 Å². The molecule has 4 nitrogen and oxygen atoms in total. The summed E-state index contributed by atoms with van der Waals surface area (Å²) in [5, 5.41) is 9.30. The SMILES string of the molecule is NC(O)C(C1CCCCC1)P(=O)(O)S. The van der Waals surface area contributed by atoms with Crippen LogP contribution in [-0.2, 0) is 4.57 Å². The molecule has 0 bridgehead atoms. The van der Waals surface area contributed by atoms with Gasteiger partial charge in [-0.2, -0.15) is 0 Å². The van der Waals surface area contributed by atoms with E-state index in [0.717, 1.165) is 32.1 Å². The van der Waals surface area contributed by atoms with E-state index in [0.29, 0.717) is 0 Å². The number of nitrogens with two attached hydrogens (primary N) is 1. The van der Waals surface area contributed by atoms with Gasteiger partial charge in [0.05, 0.1) is 5.66 Å². The zero-order valence-corrected chi connectivity index (χ0v) is 9.83. The molecular weight excluding hydrogens is 221 g/mol. The van der Waals surface area contributed by atoms with E-state index in [1.807, 2.05) is 0 Å². The number of aliphatic hydroxyl groups is 1. The van der Waals surface area contributed by atoms with Crippen LogP contribution in [0.25, 0.3) is 0 Å². The molecule has 6 heteroatoms. The first-order valence-electron chi connectivity index (χ1n) is 4.92. The van der Waals surface area contributed by atoms with Crippen LogP contribution < -0.4 is 5.73 Å². The van der Waals surface area contributed by atoms with Gasteiger partial charge in [-0.3, -0.25) is 4.57 Å². The Morgan fingerprint density at radius 1 is 1.36 bits per heavy atom. The molecule has 1 fully saturated rings. The van der Waals surface area contributed by atoms with E-state index in [9.17, 15) is 14.6 Å². The fourth-order valence-electron chi connectivity index (χ4n) is 2.23. The molecule has 0 aromatic carbocycles. The third kappa shape index (κ3) is 3.24. The average molecular weight is 239 g/mol. The summed E-state index contributed by atoms with van der Waals surface area (Å²) < 4.78 is 11.4. The Balaban J connectivity index is 2.71. The molecule has 0 aromatic rings. The number of aliphatic hydroxyl groups excluding tert-OH is 1. The summed E-state index contributed by atoms with van der Waals surface area (Å²) in [6.07, 6.45) is 3.73. The fraction of sp³-hybridized carbons (Fsp3) is 1.00. The normalized spacial score (nSPS) is 28.0. The highest BCUT2D eigenvalue weighted by molar-refractivity contribution is 8.46. The van der Waals surface area contributed by atoms with Crippen LogP contribution in [0.15, 0.2) is 0 Å². The summed E-state index contributed by atoms with van der Waals surface area (Å²) in [4.78, 5) is 9.38. The van der Waals surface area contributed by atoms with E-state index in [-0.39, 0.29) is 5.92 Å². The van der Waals surface area contributed by atoms with Gasteiger partial charge in [0.25, 0.3) is 6.57 Å². The molecule has 84 valence electrons. The number of rotatable bonds is 3. The first-order valence-corrected chi connectivity index (χ1v) is 7.80. The molecular formula is C8H18NO3PS. The molecule has 1 aliphatic carbocycles. The van der Waals surface area contributed by atoms with Crippen LogP contribution in [0.2, 0.25) is 0 Å². The van der Waals surface area contributed by atoms with Crippen molar-refractivity contribution >= 4 is 18.8 Å². The molecule has 0 aromatic heterocycles. The standard InChI is InChI=1S/C8H18NO3PS/c9-8(10)7(13(11,12)14)6-4-2-1-3-5-6/h6-8,10H,1-5,9H2,(H2,11,12,14). The summed E-state index contributed by atoms with van der Waals surface area (Å²) in [7, 11) is 0. The minimum Gasteiger partial charge on any atom is -0.378 e. The second-order valence-electron chi connectivity index (χ2n) is 3.97. The fourth-order valence-corrected chi connectivity index (χ4v) is 4.45. The molecule has 0 saturated heterocycles. The van der Waals surface area contributed by atoms with Crippen LogP contribution in [0.4, 0.5) is 0 Å². The predicted molar refractivity (Wildman–Crippen MR) is 59.4 cm³/mol. The highest BCUT2D eigenvalue weighted by atomic mass is 32.7. The topological polar surface area (TPSA) is 83.5 Å². The quantitative estimate of drug-likeness (QED) is 0.340. The number of thiol groups is 1. The molecule has 1 aliphatic rings. The summed E-state index contributed by atoms with van der Waals surface area (Å²) in [6.45, 7) is -3.58. The average Bonchev–Trinajstić information content (AvgIpc) is 2.02. The van der Waals surface area contributed by atoms with Crippen LogP contribution in [-0.4, -0.2) is 21.9 Å². The Kier molecular flexibility index (Phi) is 4.47. The molecule has 1 rings (SSSR count).